The Balaban J connectivity index is 1.50. The van der Waals surface area contributed by atoms with Gasteiger partial charge in [-0.2, -0.15) is 0 Å². The molecule has 0 unspecified atom stereocenters. The first kappa shape index (κ1) is 22.9. The lowest BCUT2D eigenvalue weighted by molar-refractivity contribution is -0.113. The van der Waals surface area contributed by atoms with Crippen LogP contribution >= 0.6 is 22.9 Å². The van der Waals surface area contributed by atoms with Crippen LogP contribution in [0.2, 0.25) is 5.02 Å². The first-order valence-corrected chi connectivity index (χ1v) is 12.0. The quantitative estimate of drug-likeness (QED) is 0.514. The molecule has 162 valence electrons. The molecule has 3 rings (SSSR count). The van der Waals surface area contributed by atoms with Crippen LogP contribution in [0.4, 0.5) is 5.13 Å². The summed E-state index contributed by atoms with van der Waals surface area (Å²) in [6, 6.07) is 13.0. The van der Waals surface area contributed by atoms with Gasteiger partial charge in [0, 0.05) is 13.0 Å². The van der Waals surface area contributed by atoms with E-state index >= 15 is 0 Å². The smallest absolute Gasteiger partial charge is 0.252 e. The maximum absolute atomic E-state index is 12.4. The van der Waals surface area contributed by atoms with Gasteiger partial charge in [0.25, 0.3) is 5.91 Å². The van der Waals surface area contributed by atoms with E-state index < -0.39 is 21.5 Å². The SMILES string of the molecule is Cc1ccc(S(=O)(=O)CC(=O)Nc2nnc(CCNC(=O)c3ccccc3Cl)s2)cc1. The predicted molar refractivity (Wildman–Crippen MR) is 119 cm³/mol. The molecule has 0 spiro atoms. The van der Waals surface area contributed by atoms with Crippen molar-refractivity contribution in [3.05, 3.63) is 69.7 Å². The number of aromatic nitrogens is 2. The lowest BCUT2D eigenvalue weighted by Crippen LogP contribution is -2.25. The van der Waals surface area contributed by atoms with E-state index in [4.69, 9.17) is 11.6 Å². The Morgan fingerprint density at radius 2 is 1.77 bits per heavy atom. The Bertz CT molecular complexity index is 1190. The summed E-state index contributed by atoms with van der Waals surface area (Å²) >= 11 is 7.10. The molecule has 2 aromatic carbocycles. The summed E-state index contributed by atoms with van der Waals surface area (Å²) < 4.78 is 24.7. The van der Waals surface area contributed by atoms with Crippen molar-refractivity contribution in [3.63, 3.8) is 0 Å². The molecule has 0 radical (unpaired) electrons. The summed E-state index contributed by atoms with van der Waals surface area (Å²) in [6.45, 7) is 2.15. The minimum absolute atomic E-state index is 0.0838. The second kappa shape index (κ2) is 9.99. The number of hydrogen-bond acceptors (Lipinski definition) is 7. The average molecular weight is 479 g/mol. The van der Waals surface area contributed by atoms with Crippen molar-refractivity contribution in [1.29, 1.82) is 0 Å². The minimum atomic E-state index is -3.76. The van der Waals surface area contributed by atoms with Gasteiger partial charge in [0.1, 0.15) is 10.8 Å². The number of sulfone groups is 1. The fourth-order valence-electron chi connectivity index (χ4n) is 2.59. The monoisotopic (exact) mass is 478 g/mol. The number of nitrogens with zero attached hydrogens (tertiary/aromatic N) is 2. The number of benzene rings is 2. The number of halogens is 1. The van der Waals surface area contributed by atoms with Gasteiger partial charge in [0.15, 0.2) is 9.84 Å². The average Bonchev–Trinajstić information content (AvgIpc) is 3.15. The first-order valence-electron chi connectivity index (χ1n) is 9.19. The lowest BCUT2D eigenvalue weighted by atomic mass is 10.2. The molecule has 0 fully saturated rings. The van der Waals surface area contributed by atoms with E-state index in [-0.39, 0.29) is 15.9 Å². The predicted octanol–water partition coefficient (Wildman–Crippen LogP) is 2.88. The van der Waals surface area contributed by atoms with Crippen LogP contribution < -0.4 is 10.6 Å². The molecule has 8 nitrogen and oxygen atoms in total. The van der Waals surface area contributed by atoms with E-state index in [0.29, 0.717) is 28.6 Å². The first-order chi connectivity index (χ1) is 14.7. The van der Waals surface area contributed by atoms with Gasteiger partial charge in [0.2, 0.25) is 11.0 Å². The van der Waals surface area contributed by atoms with Crippen molar-refractivity contribution in [2.45, 2.75) is 18.2 Å². The lowest BCUT2D eigenvalue weighted by Gasteiger charge is -2.05. The molecule has 31 heavy (non-hydrogen) atoms. The molecule has 3 aromatic rings. The van der Waals surface area contributed by atoms with Gasteiger partial charge in [-0.15, -0.1) is 10.2 Å². The Hall–Kier alpha value is -2.82. The van der Waals surface area contributed by atoms with Crippen molar-refractivity contribution in [2.24, 2.45) is 0 Å². The zero-order valence-electron chi connectivity index (χ0n) is 16.5. The number of anilines is 1. The van der Waals surface area contributed by atoms with E-state index in [1.54, 1.807) is 36.4 Å². The summed E-state index contributed by atoms with van der Waals surface area (Å²) in [5, 5.41) is 14.1. The number of amides is 2. The normalized spacial score (nSPS) is 11.2. The molecule has 11 heteroatoms. The van der Waals surface area contributed by atoms with Crippen molar-refractivity contribution < 1.29 is 18.0 Å². The molecule has 0 aliphatic heterocycles. The zero-order valence-corrected chi connectivity index (χ0v) is 18.9. The largest absolute Gasteiger partial charge is 0.352 e. The van der Waals surface area contributed by atoms with Gasteiger partial charge < -0.3 is 5.32 Å². The fourth-order valence-corrected chi connectivity index (χ4v) is 4.70. The molecule has 0 bridgehead atoms. The van der Waals surface area contributed by atoms with Crippen LogP contribution in [0.15, 0.2) is 53.4 Å². The van der Waals surface area contributed by atoms with Crippen LogP contribution in [0.25, 0.3) is 0 Å². The Labute approximate surface area is 188 Å². The number of nitrogens with one attached hydrogen (secondary N) is 2. The van der Waals surface area contributed by atoms with Crippen molar-refractivity contribution >= 4 is 49.7 Å². The highest BCUT2D eigenvalue weighted by atomic mass is 35.5. The van der Waals surface area contributed by atoms with Gasteiger partial charge in [0.05, 0.1) is 15.5 Å². The van der Waals surface area contributed by atoms with E-state index in [1.165, 1.54) is 12.1 Å². The van der Waals surface area contributed by atoms with Gasteiger partial charge >= 0.3 is 0 Å². The second-order valence-electron chi connectivity index (χ2n) is 6.61. The molecule has 1 aromatic heterocycles. The number of rotatable bonds is 8. The third-order valence-corrected chi connectivity index (χ3v) is 7.02. The third-order valence-electron chi connectivity index (χ3n) is 4.16. The Morgan fingerprint density at radius 1 is 1.06 bits per heavy atom. The van der Waals surface area contributed by atoms with Crippen molar-refractivity contribution in [3.8, 4) is 0 Å². The van der Waals surface area contributed by atoms with Crippen LogP contribution in [0.5, 0.6) is 0 Å². The molecule has 0 saturated heterocycles. The molecule has 0 aliphatic rings. The van der Waals surface area contributed by atoms with Crippen LogP contribution in [0, 0.1) is 6.92 Å². The van der Waals surface area contributed by atoms with E-state index in [2.05, 4.69) is 20.8 Å². The summed E-state index contributed by atoms with van der Waals surface area (Å²) in [6.07, 6.45) is 0.394. The third kappa shape index (κ3) is 6.33. The second-order valence-corrected chi connectivity index (χ2v) is 10.1. The summed E-state index contributed by atoms with van der Waals surface area (Å²) in [4.78, 5) is 24.4. The highest BCUT2D eigenvalue weighted by molar-refractivity contribution is 7.92. The van der Waals surface area contributed by atoms with Crippen LogP contribution in [0.1, 0.15) is 20.9 Å². The summed E-state index contributed by atoms with van der Waals surface area (Å²) in [7, 11) is -3.76. The minimum Gasteiger partial charge on any atom is -0.352 e. The van der Waals surface area contributed by atoms with Crippen LogP contribution in [-0.2, 0) is 21.1 Å². The van der Waals surface area contributed by atoms with Crippen LogP contribution in [0.3, 0.4) is 0 Å². The van der Waals surface area contributed by atoms with Crippen molar-refractivity contribution in [1.82, 2.24) is 15.5 Å². The van der Waals surface area contributed by atoms with E-state index in [0.717, 1.165) is 16.9 Å². The van der Waals surface area contributed by atoms with Gasteiger partial charge in [-0.3, -0.25) is 14.9 Å². The highest BCUT2D eigenvalue weighted by Crippen LogP contribution is 2.18. The molecule has 2 N–H and O–H groups in total. The number of aryl methyl sites for hydroxylation is 1. The van der Waals surface area contributed by atoms with E-state index in [1.807, 2.05) is 6.92 Å². The molecular formula is C20H19ClN4O4S2. The standard InChI is InChI=1S/C20H19ClN4O4S2/c1-13-6-8-14(9-7-13)31(28,29)12-17(26)23-20-25-24-18(30-20)10-11-22-19(27)15-4-2-3-5-16(15)21/h2-9H,10-12H2,1H3,(H,22,27)(H,23,25,26). The maximum atomic E-state index is 12.4. The zero-order chi connectivity index (χ0) is 22.4. The topological polar surface area (TPSA) is 118 Å². The van der Waals surface area contributed by atoms with E-state index in [9.17, 15) is 18.0 Å². The molecule has 0 aliphatic carbocycles. The molecule has 1 heterocycles. The summed E-state index contributed by atoms with van der Waals surface area (Å²) in [5.41, 5.74) is 1.30. The van der Waals surface area contributed by atoms with Gasteiger partial charge in [-0.1, -0.05) is 52.8 Å². The Morgan fingerprint density at radius 3 is 2.48 bits per heavy atom. The van der Waals surface area contributed by atoms with Gasteiger partial charge in [-0.05, 0) is 31.2 Å². The van der Waals surface area contributed by atoms with Gasteiger partial charge in [-0.25, -0.2) is 8.42 Å². The molecule has 0 saturated carbocycles. The highest BCUT2D eigenvalue weighted by Gasteiger charge is 2.20. The number of carbonyl (C=O) groups excluding carboxylic acids is 2. The van der Waals surface area contributed by atoms with Crippen molar-refractivity contribution in [2.75, 3.05) is 17.6 Å². The molecule has 2 amide bonds. The Kier molecular flexibility index (Phi) is 7.37. The molecule has 0 atom stereocenters. The number of hydrogen-bond donors (Lipinski definition) is 2. The number of carbonyl (C=O) groups is 2. The summed E-state index contributed by atoms with van der Waals surface area (Å²) in [5.74, 6) is -1.70. The molecular weight excluding hydrogens is 460 g/mol. The van der Waals surface area contributed by atoms with Crippen LogP contribution in [-0.4, -0.2) is 42.7 Å². The maximum Gasteiger partial charge on any atom is 0.252 e. The fraction of sp³-hybridized carbons (Fsp3) is 0.200.